The number of thiazole rings is 1. The summed E-state index contributed by atoms with van der Waals surface area (Å²) < 4.78 is 6.08. The van der Waals surface area contributed by atoms with E-state index in [1.54, 1.807) is 55.9 Å². The van der Waals surface area contributed by atoms with E-state index < -0.39 is 17.7 Å². The number of carbonyl (C=O) groups excluding carboxylic acids is 2. The zero-order valence-electron chi connectivity index (χ0n) is 17.9. The van der Waals surface area contributed by atoms with Crippen molar-refractivity contribution in [3.05, 3.63) is 89.3 Å². The first-order valence-corrected chi connectivity index (χ1v) is 11.0. The Morgan fingerprint density at radius 2 is 1.91 bits per heavy atom. The number of aliphatic hydroxyl groups excluding tert-OH is 1. The lowest BCUT2D eigenvalue weighted by molar-refractivity contribution is -0.132. The number of amides is 1. The Morgan fingerprint density at radius 3 is 2.61 bits per heavy atom. The molecular formula is C25H19N3O4S. The van der Waals surface area contributed by atoms with Crippen LogP contribution in [-0.2, 0) is 9.59 Å². The first-order valence-electron chi connectivity index (χ1n) is 10.2. The Morgan fingerprint density at radius 1 is 1.12 bits per heavy atom. The first kappa shape index (κ1) is 20.8. The molecule has 0 bridgehead atoms. The van der Waals surface area contributed by atoms with E-state index in [-0.39, 0.29) is 11.3 Å². The van der Waals surface area contributed by atoms with Crippen LogP contribution in [0.1, 0.15) is 22.7 Å². The van der Waals surface area contributed by atoms with Gasteiger partial charge in [0.2, 0.25) is 0 Å². The first-order chi connectivity index (χ1) is 16.0. The number of rotatable bonds is 4. The van der Waals surface area contributed by atoms with E-state index in [4.69, 9.17) is 4.74 Å². The summed E-state index contributed by atoms with van der Waals surface area (Å²) in [7, 11) is 1.54. The van der Waals surface area contributed by atoms with Crippen LogP contribution in [0.4, 0.5) is 5.13 Å². The Bertz CT molecular complexity index is 1410. The van der Waals surface area contributed by atoms with E-state index in [1.165, 1.54) is 16.2 Å². The van der Waals surface area contributed by atoms with Gasteiger partial charge in [-0.3, -0.25) is 19.5 Å². The SMILES string of the molecule is COc1ccc(/C(O)=C2\C(=O)C(=O)N(c3nc4ccc(C)cc4s3)C2c2cccnc2)cc1. The monoisotopic (exact) mass is 457 g/mol. The van der Waals surface area contributed by atoms with E-state index in [9.17, 15) is 14.7 Å². The van der Waals surface area contributed by atoms with Crippen molar-refractivity contribution in [3.8, 4) is 5.75 Å². The minimum absolute atomic E-state index is 0.00592. The number of anilines is 1. The molecule has 0 spiro atoms. The number of ketones is 1. The van der Waals surface area contributed by atoms with E-state index in [1.807, 2.05) is 25.1 Å². The summed E-state index contributed by atoms with van der Waals surface area (Å²) in [5, 5.41) is 11.5. The third-order valence-electron chi connectivity index (χ3n) is 5.55. The van der Waals surface area contributed by atoms with Crippen LogP contribution in [0.5, 0.6) is 5.75 Å². The number of hydrogen-bond donors (Lipinski definition) is 1. The molecule has 1 N–H and O–H groups in total. The van der Waals surface area contributed by atoms with Crippen LogP contribution >= 0.6 is 11.3 Å². The highest BCUT2D eigenvalue weighted by molar-refractivity contribution is 7.22. The maximum atomic E-state index is 13.2. The highest BCUT2D eigenvalue weighted by Crippen LogP contribution is 2.44. The second kappa shape index (κ2) is 8.14. The molecule has 0 aliphatic carbocycles. The molecule has 7 nitrogen and oxygen atoms in total. The number of hydrogen-bond acceptors (Lipinski definition) is 7. The largest absolute Gasteiger partial charge is 0.507 e. The van der Waals surface area contributed by atoms with E-state index >= 15 is 0 Å². The van der Waals surface area contributed by atoms with Crippen LogP contribution in [0.15, 0.2) is 72.6 Å². The van der Waals surface area contributed by atoms with Gasteiger partial charge in [-0.15, -0.1) is 0 Å². The van der Waals surface area contributed by atoms with Gasteiger partial charge >= 0.3 is 5.91 Å². The minimum atomic E-state index is -0.859. The van der Waals surface area contributed by atoms with Gasteiger partial charge in [-0.25, -0.2) is 4.98 Å². The van der Waals surface area contributed by atoms with Crippen LogP contribution in [-0.4, -0.2) is 33.9 Å². The van der Waals surface area contributed by atoms with Crippen molar-refractivity contribution in [2.45, 2.75) is 13.0 Å². The average molecular weight is 458 g/mol. The zero-order valence-corrected chi connectivity index (χ0v) is 18.7. The molecule has 8 heteroatoms. The predicted octanol–water partition coefficient (Wildman–Crippen LogP) is 4.63. The standard InChI is InChI=1S/C25H19N3O4S/c1-14-5-10-18-19(12-14)33-25(27-18)28-21(16-4-3-11-26-13-16)20(23(30)24(28)31)22(29)15-6-8-17(32-2)9-7-15/h3-13,21,29H,1-2H3/b22-20+. The van der Waals surface area contributed by atoms with Crippen molar-refractivity contribution in [2.75, 3.05) is 12.0 Å². The highest BCUT2D eigenvalue weighted by atomic mass is 32.1. The van der Waals surface area contributed by atoms with Gasteiger partial charge in [-0.2, -0.15) is 0 Å². The molecule has 1 atom stereocenters. The Hall–Kier alpha value is -4.04. The molecule has 3 heterocycles. The van der Waals surface area contributed by atoms with Crippen molar-refractivity contribution in [1.82, 2.24) is 9.97 Å². The minimum Gasteiger partial charge on any atom is -0.507 e. The van der Waals surface area contributed by atoms with Gasteiger partial charge in [0, 0.05) is 18.0 Å². The molecule has 1 unspecified atom stereocenters. The van der Waals surface area contributed by atoms with E-state index in [2.05, 4.69) is 9.97 Å². The lowest BCUT2D eigenvalue weighted by atomic mass is 9.96. The molecule has 1 amide bonds. The van der Waals surface area contributed by atoms with Gasteiger partial charge in [-0.05, 0) is 60.5 Å². The number of aryl methyl sites for hydroxylation is 1. The van der Waals surface area contributed by atoms with Crippen molar-refractivity contribution < 1.29 is 19.4 Å². The summed E-state index contributed by atoms with van der Waals surface area (Å²) >= 11 is 1.33. The average Bonchev–Trinajstić information content (AvgIpc) is 3.37. The quantitative estimate of drug-likeness (QED) is 0.273. The second-order valence-electron chi connectivity index (χ2n) is 7.65. The number of fused-ring (bicyclic) bond motifs is 1. The van der Waals surface area contributed by atoms with Crippen LogP contribution in [0.3, 0.4) is 0 Å². The van der Waals surface area contributed by atoms with Crippen LogP contribution in [0.25, 0.3) is 16.0 Å². The third kappa shape index (κ3) is 3.54. The molecule has 1 saturated heterocycles. The number of methoxy groups -OCH3 is 1. The molecule has 2 aromatic carbocycles. The Balaban J connectivity index is 1.70. The smallest absolute Gasteiger partial charge is 0.301 e. The fourth-order valence-corrected chi connectivity index (χ4v) is 5.00. The van der Waals surface area contributed by atoms with Crippen LogP contribution in [0.2, 0.25) is 0 Å². The fourth-order valence-electron chi connectivity index (χ4n) is 3.91. The number of pyridine rings is 1. The molecule has 1 aliphatic rings. The number of benzene rings is 2. The molecule has 0 radical (unpaired) electrons. The van der Waals surface area contributed by atoms with Gasteiger partial charge in [0.25, 0.3) is 5.78 Å². The van der Waals surface area contributed by atoms with E-state index in [0.717, 1.165) is 15.8 Å². The molecule has 2 aromatic heterocycles. The lowest BCUT2D eigenvalue weighted by Gasteiger charge is -2.22. The molecule has 1 fully saturated rings. The summed E-state index contributed by atoms with van der Waals surface area (Å²) in [4.78, 5) is 36.6. The molecule has 1 aliphatic heterocycles. The Labute approximate surface area is 193 Å². The number of nitrogens with zero attached hydrogens (tertiary/aromatic N) is 3. The second-order valence-corrected chi connectivity index (χ2v) is 8.66. The van der Waals surface area contributed by atoms with Crippen molar-refractivity contribution >= 4 is 44.1 Å². The normalized spacial score (nSPS) is 17.6. The van der Waals surface area contributed by atoms with Gasteiger partial charge in [0.1, 0.15) is 11.5 Å². The van der Waals surface area contributed by atoms with Crippen molar-refractivity contribution in [1.29, 1.82) is 0 Å². The molecular weight excluding hydrogens is 438 g/mol. The van der Waals surface area contributed by atoms with Crippen LogP contribution in [0, 0.1) is 6.92 Å². The summed E-state index contributed by atoms with van der Waals surface area (Å²) in [6.45, 7) is 1.98. The predicted molar refractivity (Wildman–Crippen MR) is 126 cm³/mol. The van der Waals surface area contributed by atoms with Gasteiger partial charge in [0.15, 0.2) is 5.13 Å². The number of aliphatic hydroxyl groups is 1. The fraction of sp³-hybridized carbons (Fsp3) is 0.120. The highest BCUT2D eigenvalue weighted by Gasteiger charge is 2.48. The topological polar surface area (TPSA) is 92.6 Å². The molecule has 5 rings (SSSR count). The number of aromatic nitrogens is 2. The summed E-state index contributed by atoms with van der Waals surface area (Å²) in [5.74, 6) is -1.16. The Kier molecular flexibility index (Phi) is 5.14. The molecule has 164 valence electrons. The van der Waals surface area contributed by atoms with Gasteiger partial charge in [-0.1, -0.05) is 23.5 Å². The van der Waals surface area contributed by atoms with Crippen molar-refractivity contribution in [2.24, 2.45) is 0 Å². The van der Waals surface area contributed by atoms with Crippen LogP contribution < -0.4 is 9.64 Å². The lowest BCUT2D eigenvalue weighted by Crippen LogP contribution is -2.29. The summed E-state index contributed by atoms with van der Waals surface area (Å²) in [6.07, 6.45) is 3.20. The third-order valence-corrected chi connectivity index (χ3v) is 6.56. The van der Waals surface area contributed by atoms with Gasteiger partial charge in [0.05, 0.1) is 28.9 Å². The number of carbonyl (C=O) groups is 2. The van der Waals surface area contributed by atoms with Crippen molar-refractivity contribution in [3.63, 3.8) is 0 Å². The number of Topliss-reactive ketones (excluding diaryl/α,β-unsaturated/α-hetero) is 1. The summed E-state index contributed by atoms with van der Waals surface area (Å²) in [5.41, 5.74) is 2.81. The maximum Gasteiger partial charge on any atom is 0.301 e. The maximum absolute atomic E-state index is 13.2. The summed E-state index contributed by atoms with van der Waals surface area (Å²) in [6, 6.07) is 15.1. The number of ether oxygens (including phenoxy) is 1. The molecule has 0 saturated carbocycles. The van der Waals surface area contributed by atoms with Gasteiger partial charge < -0.3 is 9.84 Å². The zero-order chi connectivity index (χ0) is 23.1. The van der Waals surface area contributed by atoms with E-state index in [0.29, 0.717) is 22.0 Å². The molecule has 33 heavy (non-hydrogen) atoms. The molecule has 4 aromatic rings.